The van der Waals surface area contributed by atoms with Crippen molar-refractivity contribution >= 4 is 11.8 Å². The van der Waals surface area contributed by atoms with Crippen LogP contribution in [-0.4, -0.2) is 68.6 Å². The maximum absolute atomic E-state index is 13.0. The Bertz CT molecular complexity index is 882. The minimum absolute atomic E-state index is 0.0292. The molecule has 3 rings (SSSR count). The van der Waals surface area contributed by atoms with Crippen molar-refractivity contribution < 1.29 is 23.8 Å². The highest BCUT2D eigenvalue weighted by Gasteiger charge is 2.24. The van der Waals surface area contributed by atoms with Gasteiger partial charge >= 0.3 is 0 Å². The summed E-state index contributed by atoms with van der Waals surface area (Å²) in [6, 6.07) is 12.3. The molecule has 0 spiro atoms. The fourth-order valence-corrected chi connectivity index (χ4v) is 3.52. The van der Waals surface area contributed by atoms with Gasteiger partial charge in [-0.1, -0.05) is 0 Å². The average Bonchev–Trinajstić information content (AvgIpc) is 3.04. The van der Waals surface area contributed by atoms with Crippen LogP contribution in [0, 0.1) is 0 Å². The molecule has 1 heterocycles. The highest BCUT2D eigenvalue weighted by atomic mass is 16.5. The Morgan fingerprint density at radius 1 is 0.800 bits per heavy atom. The summed E-state index contributed by atoms with van der Waals surface area (Å²) in [4.78, 5) is 29.4. The Balaban J connectivity index is 1.65. The third kappa shape index (κ3) is 4.84. The summed E-state index contributed by atoms with van der Waals surface area (Å²) in [6.07, 6.45) is 0.724. The quantitative estimate of drug-likeness (QED) is 0.729. The average molecular weight is 412 g/mol. The van der Waals surface area contributed by atoms with E-state index in [1.165, 1.54) is 0 Å². The second-order valence-electron chi connectivity index (χ2n) is 6.97. The van der Waals surface area contributed by atoms with Gasteiger partial charge < -0.3 is 24.0 Å². The van der Waals surface area contributed by atoms with Crippen molar-refractivity contribution in [2.24, 2.45) is 0 Å². The predicted octanol–water partition coefficient (Wildman–Crippen LogP) is 3.09. The van der Waals surface area contributed by atoms with E-state index in [1.807, 2.05) is 6.92 Å². The number of nitrogens with zero attached hydrogens (tertiary/aromatic N) is 2. The number of carbonyl (C=O) groups is 2. The zero-order valence-corrected chi connectivity index (χ0v) is 17.7. The minimum atomic E-state index is -0.0775. The van der Waals surface area contributed by atoms with Gasteiger partial charge in [0.15, 0.2) is 11.5 Å². The van der Waals surface area contributed by atoms with Crippen LogP contribution in [0.2, 0.25) is 0 Å². The summed E-state index contributed by atoms with van der Waals surface area (Å²) in [5.41, 5.74) is 1.16. The summed E-state index contributed by atoms with van der Waals surface area (Å²) >= 11 is 0. The van der Waals surface area contributed by atoms with Crippen molar-refractivity contribution in [3.63, 3.8) is 0 Å². The Labute approximate surface area is 177 Å². The molecule has 0 bridgehead atoms. The summed E-state index contributed by atoms with van der Waals surface area (Å²) in [6.45, 7) is 4.69. The van der Waals surface area contributed by atoms with Gasteiger partial charge in [0.05, 0.1) is 20.8 Å². The maximum Gasteiger partial charge on any atom is 0.254 e. The number of amides is 2. The molecule has 0 aliphatic carbocycles. The van der Waals surface area contributed by atoms with Gasteiger partial charge in [0.25, 0.3) is 11.8 Å². The summed E-state index contributed by atoms with van der Waals surface area (Å²) in [5.74, 6) is 1.74. The van der Waals surface area contributed by atoms with Crippen LogP contribution < -0.4 is 14.2 Å². The van der Waals surface area contributed by atoms with Crippen LogP contribution in [0.3, 0.4) is 0 Å². The van der Waals surface area contributed by atoms with E-state index in [-0.39, 0.29) is 11.8 Å². The van der Waals surface area contributed by atoms with E-state index in [4.69, 9.17) is 14.2 Å². The van der Waals surface area contributed by atoms with E-state index in [1.54, 1.807) is 66.5 Å². The first-order valence-corrected chi connectivity index (χ1v) is 10.1. The summed E-state index contributed by atoms with van der Waals surface area (Å²) < 4.78 is 16.0. The smallest absolute Gasteiger partial charge is 0.254 e. The van der Waals surface area contributed by atoms with Crippen molar-refractivity contribution in [3.8, 4) is 17.2 Å². The van der Waals surface area contributed by atoms with Gasteiger partial charge in [0.1, 0.15) is 5.75 Å². The van der Waals surface area contributed by atoms with Crippen molar-refractivity contribution in [1.29, 1.82) is 0 Å². The Morgan fingerprint density at radius 2 is 1.37 bits per heavy atom. The molecule has 0 saturated carbocycles. The Morgan fingerprint density at radius 3 is 1.93 bits per heavy atom. The molecule has 1 aliphatic heterocycles. The lowest BCUT2D eigenvalue weighted by molar-refractivity contribution is 0.0718. The first kappa shape index (κ1) is 21.5. The third-order valence-electron chi connectivity index (χ3n) is 5.11. The largest absolute Gasteiger partial charge is 0.494 e. The summed E-state index contributed by atoms with van der Waals surface area (Å²) in [5, 5.41) is 0. The molecule has 2 aromatic carbocycles. The van der Waals surface area contributed by atoms with Gasteiger partial charge in [-0.15, -0.1) is 0 Å². The standard InChI is InChI=1S/C23H28N2O5/c1-4-30-19-9-6-17(7-10-19)22(26)24-12-5-13-25(15-14-24)23(27)18-8-11-20(28-2)21(16-18)29-3/h6-11,16H,4-5,12-15H2,1-3H3. The van der Waals surface area contributed by atoms with Crippen LogP contribution in [-0.2, 0) is 0 Å². The van der Waals surface area contributed by atoms with Crippen LogP contribution in [0.1, 0.15) is 34.1 Å². The number of benzene rings is 2. The monoisotopic (exact) mass is 412 g/mol. The third-order valence-corrected chi connectivity index (χ3v) is 5.11. The van der Waals surface area contributed by atoms with E-state index >= 15 is 0 Å². The minimum Gasteiger partial charge on any atom is -0.494 e. The van der Waals surface area contributed by atoms with Crippen molar-refractivity contribution in [2.45, 2.75) is 13.3 Å². The molecule has 1 saturated heterocycles. The highest BCUT2D eigenvalue weighted by Crippen LogP contribution is 2.28. The van der Waals surface area contributed by atoms with Gasteiger partial charge in [-0.3, -0.25) is 9.59 Å². The second-order valence-corrected chi connectivity index (χ2v) is 6.97. The number of ether oxygens (including phenoxy) is 3. The topological polar surface area (TPSA) is 68.3 Å². The van der Waals surface area contributed by atoms with E-state index in [2.05, 4.69) is 0 Å². The fraction of sp³-hybridized carbons (Fsp3) is 0.391. The lowest BCUT2D eigenvalue weighted by atomic mass is 10.1. The zero-order valence-electron chi connectivity index (χ0n) is 17.7. The number of carbonyl (C=O) groups excluding carboxylic acids is 2. The number of hydrogen-bond donors (Lipinski definition) is 0. The van der Waals surface area contributed by atoms with E-state index in [0.29, 0.717) is 55.4 Å². The molecule has 30 heavy (non-hydrogen) atoms. The highest BCUT2D eigenvalue weighted by molar-refractivity contribution is 5.96. The molecule has 2 aromatic rings. The zero-order chi connectivity index (χ0) is 21.5. The first-order valence-electron chi connectivity index (χ1n) is 10.1. The van der Waals surface area contributed by atoms with Crippen LogP contribution in [0.5, 0.6) is 17.2 Å². The number of rotatable bonds is 6. The molecule has 7 nitrogen and oxygen atoms in total. The molecule has 0 aromatic heterocycles. The molecule has 2 amide bonds. The van der Waals surface area contributed by atoms with Gasteiger partial charge in [-0.05, 0) is 55.8 Å². The Hall–Kier alpha value is -3.22. The summed E-state index contributed by atoms with van der Waals surface area (Å²) in [7, 11) is 3.10. The predicted molar refractivity (Wildman–Crippen MR) is 114 cm³/mol. The van der Waals surface area contributed by atoms with Crippen molar-refractivity contribution in [3.05, 3.63) is 53.6 Å². The van der Waals surface area contributed by atoms with Gasteiger partial charge in [0.2, 0.25) is 0 Å². The molecule has 1 aliphatic rings. The molecule has 0 unspecified atom stereocenters. The van der Waals surface area contributed by atoms with Crippen LogP contribution >= 0.6 is 0 Å². The first-order chi connectivity index (χ1) is 14.6. The van der Waals surface area contributed by atoms with Crippen LogP contribution in [0.4, 0.5) is 0 Å². The van der Waals surface area contributed by atoms with Gasteiger partial charge in [-0.25, -0.2) is 0 Å². The SMILES string of the molecule is CCOc1ccc(C(=O)N2CCCN(C(=O)c3ccc(OC)c(OC)c3)CC2)cc1. The maximum atomic E-state index is 13.0. The molecule has 0 N–H and O–H groups in total. The molecular formula is C23H28N2O5. The molecule has 0 atom stereocenters. The molecular weight excluding hydrogens is 384 g/mol. The van der Waals surface area contributed by atoms with Crippen molar-refractivity contribution in [1.82, 2.24) is 9.80 Å². The second kappa shape index (κ2) is 10.0. The van der Waals surface area contributed by atoms with E-state index < -0.39 is 0 Å². The van der Waals surface area contributed by atoms with Gasteiger partial charge in [0, 0.05) is 37.3 Å². The number of hydrogen-bond acceptors (Lipinski definition) is 5. The molecule has 160 valence electrons. The molecule has 0 radical (unpaired) electrons. The Kier molecular flexibility index (Phi) is 7.17. The molecule has 1 fully saturated rings. The normalized spacial score (nSPS) is 14.1. The van der Waals surface area contributed by atoms with Crippen LogP contribution in [0.25, 0.3) is 0 Å². The van der Waals surface area contributed by atoms with E-state index in [0.717, 1.165) is 12.2 Å². The van der Waals surface area contributed by atoms with E-state index in [9.17, 15) is 9.59 Å². The molecule has 7 heteroatoms. The van der Waals surface area contributed by atoms with Gasteiger partial charge in [-0.2, -0.15) is 0 Å². The number of methoxy groups -OCH3 is 2. The van der Waals surface area contributed by atoms with Crippen molar-refractivity contribution in [2.75, 3.05) is 47.0 Å². The fourth-order valence-electron chi connectivity index (χ4n) is 3.52. The lowest BCUT2D eigenvalue weighted by Gasteiger charge is -2.22. The lowest BCUT2D eigenvalue weighted by Crippen LogP contribution is -2.37. The van der Waals surface area contributed by atoms with Crippen LogP contribution in [0.15, 0.2) is 42.5 Å².